The Balaban J connectivity index is 2.36. The van der Waals surface area contributed by atoms with Crippen molar-refractivity contribution in [3.05, 3.63) is 50.0 Å². The van der Waals surface area contributed by atoms with Gasteiger partial charge in [-0.15, -0.1) is 0 Å². The van der Waals surface area contributed by atoms with E-state index in [1.807, 2.05) is 32.0 Å². The van der Waals surface area contributed by atoms with Crippen LogP contribution < -0.4 is 10.5 Å². The van der Waals surface area contributed by atoms with Crippen LogP contribution in [0.4, 0.5) is 0 Å². The second-order valence-corrected chi connectivity index (χ2v) is 6.00. The second-order valence-electron chi connectivity index (χ2n) is 4.30. The van der Waals surface area contributed by atoms with Gasteiger partial charge in [-0.1, -0.05) is 15.9 Å². The topological polar surface area (TPSA) is 48.1 Å². The van der Waals surface area contributed by atoms with Gasteiger partial charge in [0.05, 0.1) is 0 Å². The molecule has 0 saturated carbocycles. The summed E-state index contributed by atoms with van der Waals surface area (Å²) in [6.45, 7) is 4.45. The molecule has 2 aromatic rings. The van der Waals surface area contributed by atoms with E-state index in [0.717, 1.165) is 31.4 Å². The van der Waals surface area contributed by atoms with E-state index in [4.69, 9.17) is 10.5 Å². The van der Waals surface area contributed by atoms with Crippen LogP contribution in [0.3, 0.4) is 0 Å². The highest BCUT2D eigenvalue weighted by molar-refractivity contribution is 9.10. The van der Waals surface area contributed by atoms with Gasteiger partial charge in [-0.05, 0) is 59.1 Å². The number of rotatable bonds is 3. The number of ether oxygens (including phenoxy) is 1. The molecule has 0 fully saturated rings. The first-order chi connectivity index (χ1) is 9.01. The number of hydrogen-bond donors (Lipinski definition) is 1. The Hall–Kier alpha value is -0.910. The zero-order valence-corrected chi connectivity index (χ0v) is 13.9. The molecule has 3 nitrogen and oxygen atoms in total. The molecule has 5 heteroatoms. The number of aromatic nitrogens is 1. The smallest absolute Gasteiger partial charge is 0.223 e. The van der Waals surface area contributed by atoms with Crippen LogP contribution in [0.15, 0.2) is 33.3 Å². The average molecular weight is 386 g/mol. The molecule has 0 radical (unpaired) electrons. The minimum Gasteiger partial charge on any atom is -0.439 e. The van der Waals surface area contributed by atoms with E-state index >= 15 is 0 Å². The fraction of sp³-hybridized carbons (Fsp3) is 0.214. The van der Waals surface area contributed by atoms with Gasteiger partial charge in [0.2, 0.25) is 5.88 Å². The molecule has 0 aliphatic carbocycles. The summed E-state index contributed by atoms with van der Waals surface area (Å²) >= 11 is 6.91. The highest BCUT2D eigenvalue weighted by Gasteiger charge is 2.09. The van der Waals surface area contributed by atoms with Gasteiger partial charge in [-0.2, -0.15) is 0 Å². The number of pyridine rings is 1. The fourth-order valence-corrected chi connectivity index (χ4v) is 2.39. The van der Waals surface area contributed by atoms with Gasteiger partial charge in [0.1, 0.15) is 5.75 Å². The van der Waals surface area contributed by atoms with Gasteiger partial charge in [-0.3, -0.25) is 0 Å². The van der Waals surface area contributed by atoms with Crippen LogP contribution in [0.25, 0.3) is 0 Å². The molecule has 0 bridgehead atoms. The lowest BCUT2D eigenvalue weighted by molar-refractivity contribution is 0.455. The Labute approximate surface area is 129 Å². The minimum atomic E-state index is 0.385. The van der Waals surface area contributed by atoms with Gasteiger partial charge in [0, 0.05) is 27.3 Å². The predicted molar refractivity (Wildman–Crippen MR) is 83.5 cm³/mol. The standard InChI is InChI=1S/C14H14Br2N2O/c1-8-3-12(4-9(2)13(8)16)19-14-10(6-17)5-11(15)7-18-14/h3-5,7H,6,17H2,1-2H3. The summed E-state index contributed by atoms with van der Waals surface area (Å²) in [4.78, 5) is 4.27. The van der Waals surface area contributed by atoms with Crippen molar-refractivity contribution in [2.24, 2.45) is 5.73 Å². The SMILES string of the molecule is Cc1cc(Oc2ncc(Br)cc2CN)cc(C)c1Br. The molecular weight excluding hydrogens is 372 g/mol. The summed E-state index contributed by atoms with van der Waals surface area (Å²) in [5.74, 6) is 1.31. The van der Waals surface area contributed by atoms with Gasteiger partial charge in [0.25, 0.3) is 0 Å². The molecule has 0 saturated heterocycles. The number of halogens is 2. The van der Waals surface area contributed by atoms with Gasteiger partial charge >= 0.3 is 0 Å². The van der Waals surface area contributed by atoms with Gasteiger partial charge in [0.15, 0.2) is 0 Å². The molecule has 2 N–H and O–H groups in total. The van der Waals surface area contributed by atoms with Gasteiger partial charge < -0.3 is 10.5 Å². The summed E-state index contributed by atoms with van der Waals surface area (Å²) in [6.07, 6.45) is 1.70. The lowest BCUT2D eigenvalue weighted by Gasteiger charge is -2.11. The molecule has 0 spiro atoms. The Morgan fingerprint density at radius 1 is 1.16 bits per heavy atom. The van der Waals surface area contributed by atoms with Crippen molar-refractivity contribution in [1.29, 1.82) is 0 Å². The van der Waals surface area contributed by atoms with Gasteiger partial charge in [-0.25, -0.2) is 4.98 Å². The molecule has 1 aromatic carbocycles. The van der Waals surface area contributed by atoms with Crippen LogP contribution in [0.2, 0.25) is 0 Å². The van der Waals surface area contributed by atoms with Crippen molar-refractivity contribution in [3.63, 3.8) is 0 Å². The third kappa shape index (κ3) is 3.35. The normalized spacial score (nSPS) is 10.6. The maximum Gasteiger partial charge on any atom is 0.223 e. The molecule has 0 unspecified atom stereocenters. The van der Waals surface area contributed by atoms with Crippen LogP contribution in [0.1, 0.15) is 16.7 Å². The van der Waals surface area contributed by atoms with E-state index in [1.54, 1.807) is 6.20 Å². The zero-order valence-electron chi connectivity index (χ0n) is 10.7. The summed E-state index contributed by atoms with van der Waals surface area (Å²) < 4.78 is 7.83. The van der Waals surface area contributed by atoms with Crippen LogP contribution in [0, 0.1) is 13.8 Å². The Bertz CT molecular complexity index is 591. The first-order valence-corrected chi connectivity index (χ1v) is 7.39. The fourth-order valence-electron chi connectivity index (χ4n) is 1.78. The third-order valence-electron chi connectivity index (χ3n) is 2.74. The number of nitrogens with two attached hydrogens (primary N) is 1. The molecule has 0 aliphatic rings. The van der Waals surface area contributed by atoms with E-state index in [2.05, 4.69) is 36.8 Å². The minimum absolute atomic E-state index is 0.385. The molecular formula is C14H14Br2N2O. The average Bonchev–Trinajstić information content (AvgIpc) is 2.38. The first-order valence-electron chi connectivity index (χ1n) is 5.80. The summed E-state index contributed by atoms with van der Waals surface area (Å²) in [6, 6.07) is 5.86. The van der Waals surface area contributed by atoms with Crippen LogP contribution in [-0.2, 0) is 6.54 Å². The summed E-state index contributed by atoms with van der Waals surface area (Å²) in [5, 5.41) is 0. The van der Waals surface area contributed by atoms with Crippen molar-refractivity contribution >= 4 is 31.9 Å². The second kappa shape index (κ2) is 6.03. The lowest BCUT2D eigenvalue weighted by atomic mass is 10.1. The van der Waals surface area contributed by atoms with E-state index in [1.165, 1.54) is 0 Å². The molecule has 0 aliphatic heterocycles. The van der Waals surface area contributed by atoms with Crippen molar-refractivity contribution in [1.82, 2.24) is 4.98 Å². The van der Waals surface area contributed by atoms with Crippen molar-refractivity contribution in [2.45, 2.75) is 20.4 Å². The van der Waals surface area contributed by atoms with Crippen LogP contribution in [-0.4, -0.2) is 4.98 Å². The third-order valence-corrected chi connectivity index (χ3v) is 4.42. The molecule has 2 rings (SSSR count). The first kappa shape index (κ1) is 14.5. The van der Waals surface area contributed by atoms with E-state index in [0.29, 0.717) is 12.4 Å². The molecule has 100 valence electrons. The van der Waals surface area contributed by atoms with Crippen molar-refractivity contribution in [2.75, 3.05) is 0 Å². The number of nitrogens with zero attached hydrogens (tertiary/aromatic N) is 1. The number of benzene rings is 1. The molecule has 19 heavy (non-hydrogen) atoms. The number of hydrogen-bond acceptors (Lipinski definition) is 3. The highest BCUT2D eigenvalue weighted by Crippen LogP contribution is 2.30. The monoisotopic (exact) mass is 384 g/mol. The maximum absolute atomic E-state index is 5.84. The van der Waals surface area contributed by atoms with E-state index < -0.39 is 0 Å². The highest BCUT2D eigenvalue weighted by atomic mass is 79.9. The Morgan fingerprint density at radius 2 is 1.79 bits per heavy atom. The zero-order chi connectivity index (χ0) is 14.0. The van der Waals surface area contributed by atoms with Crippen molar-refractivity contribution in [3.8, 4) is 11.6 Å². The number of aryl methyl sites for hydroxylation is 2. The quantitative estimate of drug-likeness (QED) is 0.847. The van der Waals surface area contributed by atoms with E-state index in [9.17, 15) is 0 Å². The largest absolute Gasteiger partial charge is 0.439 e. The lowest BCUT2D eigenvalue weighted by Crippen LogP contribution is -2.01. The molecule has 0 atom stereocenters. The molecule has 1 heterocycles. The maximum atomic E-state index is 5.84. The van der Waals surface area contributed by atoms with Crippen molar-refractivity contribution < 1.29 is 4.74 Å². The van der Waals surface area contributed by atoms with E-state index in [-0.39, 0.29) is 0 Å². The predicted octanol–water partition coefficient (Wildman–Crippen LogP) is 4.47. The molecule has 0 amide bonds. The molecule has 1 aromatic heterocycles. The summed E-state index contributed by atoms with van der Waals surface area (Å²) in [5.41, 5.74) is 8.83. The van der Waals surface area contributed by atoms with Crippen LogP contribution >= 0.6 is 31.9 Å². The van der Waals surface area contributed by atoms with Crippen LogP contribution in [0.5, 0.6) is 11.6 Å². The summed E-state index contributed by atoms with van der Waals surface area (Å²) in [7, 11) is 0. The Morgan fingerprint density at radius 3 is 2.37 bits per heavy atom. The Kier molecular flexibility index (Phi) is 4.60.